The van der Waals surface area contributed by atoms with Gasteiger partial charge in [-0.15, -0.1) is 0 Å². The first-order chi connectivity index (χ1) is 12.6. The molecule has 0 aliphatic rings. The zero-order valence-electron chi connectivity index (χ0n) is 14.3. The smallest absolute Gasteiger partial charge is 0.270 e. The number of nitrogens with one attached hydrogen (secondary N) is 2. The summed E-state index contributed by atoms with van der Waals surface area (Å²) in [5, 5.41) is 18.1. The molecular weight excluding hydrogens is 352 g/mol. The first kappa shape index (κ1) is 19.3. The number of hydrogen-bond acceptors (Lipinski definition) is 5. The fourth-order valence-corrected chi connectivity index (χ4v) is 2.15. The molecule has 2 rings (SSSR count). The summed E-state index contributed by atoms with van der Waals surface area (Å²) in [6, 6.07) is 14.0. The second kappa shape index (κ2) is 10.1. The summed E-state index contributed by atoms with van der Waals surface area (Å²) in [4.78, 5) is 10.3. The van der Waals surface area contributed by atoms with E-state index in [4.69, 9.17) is 17.0 Å². The Bertz CT molecular complexity index is 778. The van der Waals surface area contributed by atoms with Gasteiger partial charge in [0, 0.05) is 24.2 Å². The van der Waals surface area contributed by atoms with Crippen molar-refractivity contribution in [2.75, 3.05) is 6.61 Å². The van der Waals surface area contributed by atoms with Gasteiger partial charge in [-0.25, -0.2) is 0 Å². The van der Waals surface area contributed by atoms with Crippen LogP contribution in [-0.4, -0.2) is 22.9 Å². The van der Waals surface area contributed by atoms with Crippen molar-refractivity contribution in [2.24, 2.45) is 5.10 Å². The molecule has 0 fully saturated rings. The summed E-state index contributed by atoms with van der Waals surface area (Å²) in [7, 11) is 0. The summed E-state index contributed by atoms with van der Waals surface area (Å²) in [6.45, 7) is 3.31. The maximum absolute atomic E-state index is 10.7. The van der Waals surface area contributed by atoms with E-state index in [0.717, 1.165) is 17.7 Å². The molecule has 0 bridgehead atoms. The Kier molecular flexibility index (Phi) is 7.50. The Balaban J connectivity index is 1.78. The van der Waals surface area contributed by atoms with Crippen LogP contribution >= 0.6 is 12.2 Å². The quantitative estimate of drug-likeness (QED) is 0.320. The first-order valence-corrected chi connectivity index (χ1v) is 8.52. The van der Waals surface area contributed by atoms with Crippen molar-refractivity contribution < 1.29 is 9.66 Å². The van der Waals surface area contributed by atoms with Crippen molar-refractivity contribution in [3.8, 4) is 5.75 Å². The van der Waals surface area contributed by atoms with Gasteiger partial charge in [0.1, 0.15) is 5.75 Å². The number of hydrazone groups is 1. The van der Waals surface area contributed by atoms with Gasteiger partial charge in [0.05, 0.1) is 17.7 Å². The molecule has 0 amide bonds. The van der Waals surface area contributed by atoms with Crippen LogP contribution in [-0.2, 0) is 6.54 Å². The Hall–Kier alpha value is -3.00. The molecule has 0 aliphatic heterocycles. The number of thiocarbonyl (C=S) groups is 1. The van der Waals surface area contributed by atoms with Gasteiger partial charge in [0.25, 0.3) is 5.69 Å². The molecule has 8 heteroatoms. The molecule has 2 N–H and O–H groups in total. The van der Waals surface area contributed by atoms with Gasteiger partial charge in [-0.3, -0.25) is 15.5 Å². The van der Waals surface area contributed by atoms with Crippen LogP contribution in [0.4, 0.5) is 5.69 Å². The van der Waals surface area contributed by atoms with Crippen LogP contribution in [0.2, 0.25) is 0 Å². The van der Waals surface area contributed by atoms with Crippen LogP contribution in [0.25, 0.3) is 0 Å². The van der Waals surface area contributed by atoms with Gasteiger partial charge in [-0.05, 0) is 36.3 Å². The van der Waals surface area contributed by atoms with E-state index in [9.17, 15) is 10.1 Å². The minimum absolute atomic E-state index is 0.0148. The molecule has 0 saturated heterocycles. The van der Waals surface area contributed by atoms with Crippen LogP contribution in [0.3, 0.4) is 0 Å². The maximum atomic E-state index is 10.7. The number of nitrogens with zero attached hydrogens (tertiary/aromatic N) is 2. The third-order valence-electron chi connectivity index (χ3n) is 3.31. The molecule has 0 atom stereocenters. The summed E-state index contributed by atoms with van der Waals surface area (Å²) in [5.74, 6) is 0.845. The third kappa shape index (κ3) is 6.48. The van der Waals surface area contributed by atoms with E-state index in [1.807, 2.05) is 24.3 Å². The fourth-order valence-electron chi connectivity index (χ4n) is 2.03. The van der Waals surface area contributed by atoms with Crippen LogP contribution < -0.4 is 15.5 Å². The van der Waals surface area contributed by atoms with Crippen molar-refractivity contribution in [2.45, 2.75) is 19.9 Å². The summed E-state index contributed by atoms with van der Waals surface area (Å²) in [6.07, 6.45) is 2.45. The summed E-state index contributed by atoms with van der Waals surface area (Å²) in [5.41, 5.74) is 4.36. The van der Waals surface area contributed by atoms with Crippen LogP contribution in [0, 0.1) is 10.1 Å². The topological polar surface area (TPSA) is 88.8 Å². The average Bonchev–Trinajstić information content (AvgIpc) is 2.65. The number of nitro benzene ring substituents is 1. The van der Waals surface area contributed by atoms with Crippen molar-refractivity contribution in [3.63, 3.8) is 0 Å². The molecule has 136 valence electrons. The first-order valence-electron chi connectivity index (χ1n) is 8.11. The van der Waals surface area contributed by atoms with Gasteiger partial charge in [0.2, 0.25) is 0 Å². The van der Waals surface area contributed by atoms with E-state index in [1.165, 1.54) is 18.3 Å². The monoisotopic (exact) mass is 372 g/mol. The largest absolute Gasteiger partial charge is 0.494 e. The lowest BCUT2D eigenvalue weighted by Crippen LogP contribution is -2.31. The van der Waals surface area contributed by atoms with E-state index in [1.54, 1.807) is 12.1 Å². The summed E-state index contributed by atoms with van der Waals surface area (Å²) < 4.78 is 5.53. The van der Waals surface area contributed by atoms with Gasteiger partial charge < -0.3 is 10.1 Å². The van der Waals surface area contributed by atoms with Gasteiger partial charge in [-0.2, -0.15) is 5.10 Å². The zero-order valence-corrected chi connectivity index (χ0v) is 15.2. The maximum Gasteiger partial charge on any atom is 0.270 e. The highest BCUT2D eigenvalue weighted by Crippen LogP contribution is 2.12. The number of hydrogen-bond donors (Lipinski definition) is 2. The lowest BCUT2D eigenvalue weighted by Gasteiger charge is -2.08. The standard InChI is InChI=1S/C18H20N4O3S/c1-2-10-25-17-8-6-14(7-9-17)12-19-18(26)21-20-13-15-4-3-5-16(11-15)22(23)24/h3-9,11,13H,2,10,12H2,1H3,(H2,19,21,26)/b20-13-. The van der Waals surface area contributed by atoms with Gasteiger partial charge >= 0.3 is 0 Å². The third-order valence-corrected chi connectivity index (χ3v) is 3.55. The molecule has 0 unspecified atom stereocenters. The predicted octanol–water partition coefficient (Wildman–Crippen LogP) is 3.38. The van der Waals surface area contributed by atoms with E-state index in [2.05, 4.69) is 22.8 Å². The Morgan fingerprint density at radius 2 is 2.08 bits per heavy atom. The summed E-state index contributed by atoms with van der Waals surface area (Å²) >= 11 is 5.15. The molecule has 0 radical (unpaired) electrons. The van der Waals surface area contributed by atoms with E-state index < -0.39 is 4.92 Å². The molecule has 0 aromatic heterocycles. The van der Waals surface area contributed by atoms with Crippen LogP contribution in [0.5, 0.6) is 5.75 Å². The molecule has 0 heterocycles. The molecular formula is C18H20N4O3S. The molecule has 2 aromatic rings. The minimum Gasteiger partial charge on any atom is -0.494 e. The second-order valence-electron chi connectivity index (χ2n) is 5.40. The molecule has 0 spiro atoms. The number of rotatable bonds is 8. The zero-order chi connectivity index (χ0) is 18.8. The number of ether oxygens (including phenoxy) is 1. The number of non-ortho nitro benzene ring substituents is 1. The Morgan fingerprint density at radius 3 is 2.77 bits per heavy atom. The molecule has 26 heavy (non-hydrogen) atoms. The van der Waals surface area contributed by atoms with Crippen molar-refractivity contribution in [3.05, 3.63) is 69.8 Å². The second-order valence-corrected chi connectivity index (χ2v) is 5.81. The fraction of sp³-hybridized carbons (Fsp3) is 0.222. The molecule has 2 aromatic carbocycles. The van der Waals surface area contributed by atoms with E-state index in [-0.39, 0.29) is 5.69 Å². The highest BCUT2D eigenvalue weighted by atomic mass is 32.1. The number of benzene rings is 2. The van der Waals surface area contributed by atoms with Crippen molar-refractivity contribution >= 4 is 29.2 Å². The normalized spacial score (nSPS) is 10.5. The lowest BCUT2D eigenvalue weighted by molar-refractivity contribution is -0.384. The van der Waals surface area contributed by atoms with Gasteiger partial charge in [0.15, 0.2) is 5.11 Å². The Labute approximate surface area is 157 Å². The number of nitro groups is 1. The highest BCUT2D eigenvalue weighted by molar-refractivity contribution is 7.80. The van der Waals surface area contributed by atoms with Gasteiger partial charge in [-0.1, -0.05) is 31.2 Å². The van der Waals surface area contributed by atoms with Crippen LogP contribution in [0.15, 0.2) is 53.6 Å². The van der Waals surface area contributed by atoms with Crippen LogP contribution in [0.1, 0.15) is 24.5 Å². The molecule has 7 nitrogen and oxygen atoms in total. The lowest BCUT2D eigenvalue weighted by atomic mass is 10.2. The molecule has 0 aliphatic carbocycles. The predicted molar refractivity (Wildman–Crippen MR) is 105 cm³/mol. The minimum atomic E-state index is -0.449. The average molecular weight is 372 g/mol. The van der Waals surface area contributed by atoms with E-state index >= 15 is 0 Å². The van der Waals surface area contributed by atoms with E-state index in [0.29, 0.717) is 23.8 Å². The highest BCUT2D eigenvalue weighted by Gasteiger charge is 2.04. The van der Waals surface area contributed by atoms with Crippen molar-refractivity contribution in [1.82, 2.24) is 10.7 Å². The van der Waals surface area contributed by atoms with Crippen molar-refractivity contribution in [1.29, 1.82) is 0 Å². The SMILES string of the molecule is CCCOc1ccc(CNC(=S)N/N=C\c2cccc([N+](=O)[O-])c2)cc1. The molecule has 0 saturated carbocycles. The Morgan fingerprint density at radius 1 is 1.31 bits per heavy atom.